The van der Waals surface area contributed by atoms with Gasteiger partial charge in [-0.25, -0.2) is 9.48 Å². The quantitative estimate of drug-likeness (QED) is 0.801. The number of ether oxygens (including phenoxy) is 1. The van der Waals surface area contributed by atoms with E-state index >= 15 is 0 Å². The van der Waals surface area contributed by atoms with Gasteiger partial charge in [-0.3, -0.25) is 0 Å². The number of methoxy groups -OCH3 is 1. The van der Waals surface area contributed by atoms with E-state index in [0.29, 0.717) is 6.54 Å². The van der Waals surface area contributed by atoms with E-state index in [2.05, 4.69) is 15.2 Å². The van der Waals surface area contributed by atoms with Gasteiger partial charge in [0, 0.05) is 13.1 Å². The smallest absolute Gasteiger partial charge is 0.390 e. The summed E-state index contributed by atoms with van der Waals surface area (Å²) in [5.74, 6) is -0.689. The minimum absolute atomic E-state index is 0.00421. The number of rotatable bonds is 5. The average molecular weight is 280 g/mol. The fraction of sp³-hybridized carbons (Fsp3) is 0.600. The zero-order valence-corrected chi connectivity index (χ0v) is 10.5. The summed E-state index contributed by atoms with van der Waals surface area (Å²) in [5.41, 5.74) is 5.64. The van der Waals surface area contributed by atoms with Crippen molar-refractivity contribution in [1.82, 2.24) is 9.78 Å². The normalized spacial score (nSPS) is 11.4. The number of halogens is 3. The maximum absolute atomic E-state index is 12.1. The molecule has 3 N–H and O–H groups in total. The summed E-state index contributed by atoms with van der Waals surface area (Å²) < 4.78 is 42.0. The first-order chi connectivity index (χ1) is 8.80. The van der Waals surface area contributed by atoms with Gasteiger partial charge >= 0.3 is 12.1 Å². The Morgan fingerprint density at radius 3 is 2.63 bits per heavy atom. The van der Waals surface area contributed by atoms with Gasteiger partial charge in [0.15, 0.2) is 5.82 Å². The highest BCUT2D eigenvalue weighted by atomic mass is 19.4. The molecule has 0 radical (unpaired) electrons. The number of alkyl halides is 3. The lowest BCUT2D eigenvalue weighted by Gasteiger charge is -2.07. The Labute approximate surface area is 107 Å². The van der Waals surface area contributed by atoms with E-state index in [0.717, 1.165) is 7.11 Å². The van der Waals surface area contributed by atoms with Crippen LogP contribution in [0.25, 0.3) is 0 Å². The number of nitrogen functional groups attached to an aromatic ring is 1. The first-order valence-corrected chi connectivity index (χ1v) is 5.55. The summed E-state index contributed by atoms with van der Waals surface area (Å²) in [6.07, 6.45) is -5.32. The topological polar surface area (TPSA) is 82.2 Å². The number of nitrogens with zero attached hydrogens (tertiary/aromatic N) is 2. The van der Waals surface area contributed by atoms with Crippen molar-refractivity contribution in [3.8, 4) is 0 Å². The molecular weight excluding hydrogens is 265 g/mol. The molecule has 108 valence electrons. The molecule has 0 atom stereocenters. The summed E-state index contributed by atoms with van der Waals surface area (Å²) in [6.45, 7) is 1.73. The highest BCUT2D eigenvalue weighted by molar-refractivity contribution is 5.99. The largest absolute Gasteiger partial charge is 0.465 e. The lowest BCUT2D eigenvalue weighted by Crippen LogP contribution is -2.16. The second kappa shape index (κ2) is 5.81. The predicted molar refractivity (Wildman–Crippen MR) is 62.8 cm³/mol. The minimum Gasteiger partial charge on any atom is -0.465 e. The molecule has 0 aliphatic rings. The third kappa shape index (κ3) is 3.76. The number of nitrogens with one attached hydrogen (secondary N) is 1. The van der Waals surface area contributed by atoms with E-state index in [9.17, 15) is 18.0 Å². The molecule has 0 unspecified atom stereocenters. The lowest BCUT2D eigenvalue weighted by atomic mass is 10.3. The Morgan fingerprint density at radius 2 is 2.16 bits per heavy atom. The molecular formula is C10H15F3N4O2. The number of carbonyl (C=O) groups excluding carboxylic acids is 1. The third-order valence-corrected chi connectivity index (χ3v) is 2.38. The van der Waals surface area contributed by atoms with Gasteiger partial charge in [-0.1, -0.05) is 0 Å². The van der Waals surface area contributed by atoms with Gasteiger partial charge in [0.05, 0.1) is 13.5 Å². The molecule has 0 spiro atoms. The molecule has 0 fully saturated rings. The molecule has 0 aromatic carbocycles. The van der Waals surface area contributed by atoms with Gasteiger partial charge in [0.25, 0.3) is 0 Å². The van der Waals surface area contributed by atoms with Crippen molar-refractivity contribution in [2.75, 3.05) is 24.7 Å². The molecule has 0 aliphatic heterocycles. The summed E-state index contributed by atoms with van der Waals surface area (Å²) in [6, 6.07) is 0. The van der Waals surface area contributed by atoms with Crippen molar-refractivity contribution >= 4 is 17.6 Å². The van der Waals surface area contributed by atoms with Crippen LogP contribution < -0.4 is 11.1 Å². The van der Waals surface area contributed by atoms with Gasteiger partial charge in [0.1, 0.15) is 11.4 Å². The number of nitrogens with two attached hydrogens (primary N) is 1. The van der Waals surface area contributed by atoms with E-state index in [4.69, 9.17) is 5.73 Å². The zero-order valence-electron chi connectivity index (χ0n) is 10.5. The molecule has 19 heavy (non-hydrogen) atoms. The Kier molecular flexibility index (Phi) is 4.62. The van der Waals surface area contributed by atoms with E-state index in [1.165, 1.54) is 4.68 Å². The lowest BCUT2D eigenvalue weighted by molar-refractivity contribution is -0.131. The summed E-state index contributed by atoms with van der Waals surface area (Å²) in [5, 5.41) is 6.38. The van der Waals surface area contributed by atoms with Crippen LogP contribution in [0.2, 0.25) is 0 Å². The summed E-state index contributed by atoms with van der Waals surface area (Å²) >= 11 is 0. The number of hydrogen-bond donors (Lipinski definition) is 2. The predicted octanol–water partition coefficient (Wildman–Crippen LogP) is 1.64. The fourth-order valence-corrected chi connectivity index (χ4v) is 1.47. The van der Waals surface area contributed by atoms with Gasteiger partial charge in [-0.05, 0) is 6.92 Å². The second-order valence-electron chi connectivity index (χ2n) is 3.71. The first kappa shape index (κ1) is 15.1. The standard InChI is InChI=1S/C10H15F3N4O2/c1-3-17-7(14)6(9(18)19-2)8(16-17)15-5-4-10(11,12)13/h3-5,14H2,1-2H3,(H,15,16). The number of anilines is 2. The zero-order chi connectivity index (χ0) is 14.6. The van der Waals surface area contributed by atoms with Crippen LogP contribution in [-0.2, 0) is 11.3 Å². The minimum atomic E-state index is -4.28. The van der Waals surface area contributed by atoms with Crippen molar-refractivity contribution in [3.05, 3.63) is 5.56 Å². The molecule has 9 heteroatoms. The van der Waals surface area contributed by atoms with E-state index in [-0.39, 0.29) is 17.2 Å². The first-order valence-electron chi connectivity index (χ1n) is 5.55. The third-order valence-electron chi connectivity index (χ3n) is 2.38. The summed E-state index contributed by atoms with van der Waals surface area (Å²) in [4.78, 5) is 11.5. The van der Waals surface area contributed by atoms with Crippen LogP contribution in [-0.4, -0.2) is 35.6 Å². The fourth-order valence-electron chi connectivity index (χ4n) is 1.47. The Morgan fingerprint density at radius 1 is 1.53 bits per heavy atom. The number of hydrogen-bond acceptors (Lipinski definition) is 5. The van der Waals surface area contributed by atoms with Gasteiger partial charge in [-0.2, -0.15) is 18.3 Å². The van der Waals surface area contributed by atoms with Crippen LogP contribution in [0.4, 0.5) is 24.8 Å². The molecule has 0 aliphatic carbocycles. The maximum atomic E-state index is 12.1. The van der Waals surface area contributed by atoms with Crippen LogP contribution in [0.1, 0.15) is 23.7 Å². The number of aromatic nitrogens is 2. The van der Waals surface area contributed by atoms with Crippen LogP contribution >= 0.6 is 0 Å². The molecule has 6 nitrogen and oxygen atoms in total. The van der Waals surface area contributed by atoms with Crippen molar-refractivity contribution in [3.63, 3.8) is 0 Å². The molecule has 1 aromatic heterocycles. The van der Waals surface area contributed by atoms with Gasteiger partial charge in [-0.15, -0.1) is 0 Å². The molecule has 0 amide bonds. The van der Waals surface area contributed by atoms with Crippen molar-refractivity contribution < 1.29 is 22.7 Å². The number of aryl methyl sites for hydroxylation is 1. The Balaban J connectivity index is 2.90. The molecule has 1 aromatic rings. The van der Waals surface area contributed by atoms with E-state index < -0.39 is 25.1 Å². The van der Waals surface area contributed by atoms with Crippen molar-refractivity contribution in [1.29, 1.82) is 0 Å². The monoisotopic (exact) mass is 280 g/mol. The van der Waals surface area contributed by atoms with Gasteiger partial charge in [0.2, 0.25) is 0 Å². The Bertz CT molecular complexity index is 456. The highest BCUT2D eigenvalue weighted by Crippen LogP contribution is 2.24. The van der Waals surface area contributed by atoms with Crippen LogP contribution in [0, 0.1) is 0 Å². The van der Waals surface area contributed by atoms with E-state index in [1.54, 1.807) is 6.92 Å². The number of carbonyl (C=O) groups is 1. The second-order valence-corrected chi connectivity index (χ2v) is 3.71. The average Bonchev–Trinajstić information content (AvgIpc) is 2.63. The van der Waals surface area contributed by atoms with Gasteiger partial charge < -0.3 is 15.8 Å². The van der Waals surface area contributed by atoms with E-state index in [1.807, 2.05) is 0 Å². The number of esters is 1. The SMILES string of the molecule is CCn1nc(NCCC(F)(F)F)c(C(=O)OC)c1N. The van der Waals surface area contributed by atoms with Crippen molar-refractivity contribution in [2.24, 2.45) is 0 Å². The van der Waals surface area contributed by atoms with Crippen LogP contribution in [0.15, 0.2) is 0 Å². The molecule has 1 rings (SSSR count). The molecule has 0 saturated carbocycles. The van der Waals surface area contributed by atoms with Crippen LogP contribution in [0.3, 0.4) is 0 Å². The highest BCUT2D eigenvalue weighted by Gasteiger charge is 2.28. The molecule has 0 bridgehead atoms. The van der Waals surface area contributed by atoms with Crippen molar-refractivity contribution in [2.45, 2.75) is 26.1 Å². The van der Waals surface area contributed by atoms with Crippen LogP contribution in [0.5, 0.6) is 0 Å². The molecule has 1 heterocycles. The maximum Gasteiger partial charge on any atom is 0.390 e. The Hall–Kier alpha value is -1.93. The molecule has 0 saturated heterocycles. The summed E-state index contributed by atoms with van der Waals surface area (Å²) in [7, 11) is 1.16.